The number of Topliss-reactive ketones (excluding diaryl/α,β-unsaturated/α-hetero) is 1. The smallest absolute Gasteiger partial charge is 0.152 e. The first-order valence-electron chi connectivity index (χ1n) is 4.69. The molecule has 0 aromatic heterocycles. The lowest BCUT2D eigenvalue weighted by Crippen LogP contribution is -2.22. The molecule has 2 unspecified atom stereocenters. The summed E-state index contributed by atoms with van der Waals surface area (Å²) in [6.07, 6.45) is 5.11. The van der Waals surface area contributed by atoms with Gasteiger partial charge in [-0.1, -0.05) is 26.2 Å². The van der Waals surface area contributed by atoms with Crippen molar-refractivity contribution in [1.82, 2.24) is 0 Å². The quantitative estimate of drug-likeness (QED) is 0.552. The first kappa shape index (κ1) is 9.25. The van der Waals surface area contributed by atoms with Gasteiger partial charge in [0.1, 0.15) is 5.92 Å². The molecule has 0 radical (unpaired) electrons. The van der Waals surface area contributed by atoms with E-state index in [2.05, 4.69) is 6.07 Å². The average molecular weight is 165 g/mol. The summed E-state index contributed by atoms with van der Waals surface area (Å²) >= 11 is 0. The van der Waals surface area contributed by atoms with Crippen molar-refractivity contribution in [1.29, 1.82) is 5.26 Å². The summed E-state index contributed by atoms with van der Waals surface area (Å²) in [5.41, 5.74) is 0. The topological polar surface area (TPSA) is 40.9 Å². The van der Waals surface area contributed by atoms with Crippen LogP contribution in [-0.4, -0.2) is 5.78 Å². The summed E-state index contributed by atoms with van der Waals surface area (Å²) in [6, 6.07) is 2.10. The molecule has 0 amide bonds. The third kappa shape index (κ3) is 2.07. The number of nitriles is 1. The molecule has 0 aliphatic heterocycles. The predicted molar refractivity (Wildman–Crippen MR) is 46.4 cm³/mol. The zero-order valence-electron chi connectivity index (χ0n) is 7.55. The SMILES string of the molecule is CC1CCCCCC(C#N)C1=O. The highest BCUT2D eigenvalue weighted by molar-refractivity contribution is 5.85. The Bertz CT molecular complexity index is 204. The highest BCUT2D eigenvalue weighted by atomic mass is 16.1. The Balaban J connectivity index is 2.61. The van der Waals surface area contributed by atoms with E-state index in [4.69, 9.17) is 5.26 Å². The maximum atomic E-state index is 11.5. The fourth-order valence-electron chi connectivity index (χ4n) is 1.73. The molecule has 1 aliphatic rings. The molecule has 0 N–H and O–H groups in total. The summed E-state index contributed by atoms with van der Waals surface area (Å²) in [4.78, 5) is 11.5. The van der Waals surface area contributed by atoms with Gasteiger partial charge in [0.15, 0.2) is 5.78 Å². The second-order valence-electron chi connectivity index (χ2n) is 3.62. The zero-order valence-corrected chi connectivity index (χ0v) is 7.55. The van der Waals surface area contributed by atoms with Crippen LogP contribution >= 0.6 is 0 Å². The van der Waals surface area contributed by atoms with E-state index in [-0.39, 0.29) is 17.6 Å². The minimum absolute atomic E-state index is 0.106. The van der Waals surface area contributed by atoms with Gasteiger partial charge in [0, 0.05) is 5.92 Å². The number of hydrogen-bond donors (Lipinski definition) is 0. The van der Waals surface area contributed by atoms with Crippen LogP contribution < -0.4 is 0 Å². The summed E-state index contributed by atoms with van der Waals surface area (Å²) < 4.78 is 0. The minimum Gasteiger partial charge on any atom is -0.298 e. The molecule has 0 spiro atoms. The van der Waals surface area contributed by atoms with Crippen molar-refractivity contribution in [3.63, 3.8) is 0 Å². The Morgan fingerprint density at radius 3 is 2.67 bits per heavy atom. The molecule has 1 saturated carbocycles. The van der Waals surface area contributed by atoms with Gasteiger partial charge in [-0.15, -0.1) is 0 Å². The third-order valence-electron chi connectivity index (χ3n) is 2.61. The van der Waals surface area contributed by atoms with Gasteiger partial charge in [-0.3, -0.25) is 4.79 Å². The van der Waals surface area contributed by atoms with Gasteiger partial charge in [0.05, 0.1) is 6.07 Å². The summed E-state index contributed by atoms with van der Waals surface area (Å²) in [6.45, 7) is 1.94. The van der Waals surface area contributed by atoms with Crippen LogP contribution in [0.2, 0.25) is 0 Å². The third-order valence-corrected chi connectivity index (χ3v) is 2.61. The van der Waals surface area contributed by atoms with Crippen LogP contribution in [0.15, 0.2) is 0 Å². The molecule has 2 heteroatoms. The van der Waals surface area contributed by atoms with Crippen LogP contribution in [0.3, 0.4) is 0 Å². The molecule has 1 rings (SSSR count). The lowest BCUT2D eigenvalue weighted by molar-refractivity contribution is -0.125. The highest BCUT2D eigenvalue weighted by Crippen LogP contribution is 2.22. The molecule has 2 atom stereocenters. The fourth-order valence-corrected chi connectivity index (χ4v) is 1.73. The first-order valence-corrected chi connectivity index (χ1v) is 4.69. The van der Waals surface area contributed by atoms with Crippen molar-refractivity contribution in [2.24, 2.45) is 11.8 Å². The van der Waals surface area contributed by atoms with Gasteiger partial charge in [0.25, 0.3) is 0 Å². The monoisotopic (exact) mass is 165 g/mol. The Morgan fingerprint density at radius 1 is 1.33 bits per heavy atom. The van der Waals surface area contributed by atoms with Gasteiger partial charge in [-0.2, -0.15) is 5.26 Å². The van der Waals surface area contributed by atoms with Gasteiger partial charge in [-0.25, -0.2) is 0 Å². The van der Waals surface area contributed by atoms with E-state index in [1.165, 1.54) is 6.42 Å². The Hall–Kier alpha value is -0.840. The maximum Gasteiger partial charge on any atom is 0.152 e. The molecule has 2 nitrogen and oxygen atoms in total. The largest absolute Gasteiger partial charge is 0.298 e. The molecule has 0 saturated heterocycles. The molecule has 0 aromatic carbocycles. The van der Waals surface area contributed by atoms with Crippen molar-refractivity contribution in [2.75, 3.05) is 0 Å². The van der Waals surface area contributed by atoms with Crippen molar-refractivity contribution in [2.45, 2.75) is 39.0 Å². The van der Waals surface area contributed by atoms with E-state index < -0.39 is 0 Å². The highest BCUT2D eigenvalue weighted by Gasteiger charge is 2.24. The molecular formula is C10H15NO. The van der Waals surface area contributed by atoms with Gasteiger partial charge >= 0.3 is 0 Å². The van der Waals surface area contributed by atoms with E-state index in [9.17, 15) is 4.79 Å². The molecule has 1 fully saturated rings. The zero-order chi connectivity index (χ0) is 8.97. The molecule has 66 valence electrons. The second-order valence-corrected chi connectivity index (χ2v) is 3.62. The summed E-state index contributed by atoms with van der Waals surface area (Å²) in [5, 5.41) is 8.73. The molecule has 0 aromatic rings. The number of nitrogens with zero attached hydrogens (tertiary/aromatic N) is 1. The van der Waals surface area contributed by atoms with Crippen molar-refractivity contribution >= 4 is 5.78 Å². The van der Waals surface area contributed by atoms with Crippen molar-refractivity contribution in [3.8, 4) is 6.07 Å². The molecule has 12 heavy (non-hydrogen) atoms. The van der Waals surface area contributed by atoms with Crippen LogP contribution in [-0.2, 0) is 4.79 Å². The Labute approximate surface area is 73.6 Å². The molecule has 0 heterocycles. The lowest BCUT2D eigenvalue weighted by Gasteiger charge is -2.17. The summed E-state index contributed by atoms with van der Waals surface area (Å²) in [7, 11) is 0. The first-order chi connectivity index (χ1) is 5.75. The Kier molecular flexibility index (Phi) is 3.28. The van der Waals surface area contributed by atoms with Gasteiger partial charge in [0.2, 0.25) is 0 Å². The maximum absolute atomic E-state index is 11.5. The van der Waals surface area contributed by atoms with Crippen LogP contribution in [0, 0.1) is 23.2 Å². The summed E-state index contributed by atoms with van der Waals surface area (Å²) in [5.74, 6) is -0.0487. The van der Waals surface area contributed by atoms with Crippen LogP contribution in [0.4, 0.5) is 0 Å². The van der Waals surface area contributed by atoms with Gasteiger partial charge in [-0.05, 0) is 12.8 Å². The van der Waals surface area contributed by atoms with Gasteiger partial charge < -0.3 is 0 Å². The van der Waals surface area contributed by atoms with Crippen LogP contribution in [0.1, 0.15) is 39.0 Å². The van der Waals surface area contributed by atoms with E-state index in [1.807, 2.05) is 6.92 Å². The molecule has 0 bridgehead atoms. The molecular weight excluding hydrogens is 150 g/mol. The van der Waals surface area contributed by atoms with E-state index in [1.54, 1.807) is 0 Å². The van der Waals surface area contributed by atoms with E-state index in [0.717, 1.165) is 25.7 Å². The minimum atomic E-state index is -0.319. The normalized spacial score (nSPS) is 31.8. The average Bonchev–Trinajstić information content (AvgIpc) is 2.07. The van der Waals surface area contributed by atoms with Crippen molar-refractivity contribution < 1.29 is 4.79 Å². The fraction of sp³-hybridized carbons (Fsp3) is 0.800. The predicted octanol–water partition coefficient (Wildman–Crippen LogP) is 2.30. The second kappa shape index (κ2) is 4.25. The standard InChI is InChI=1S/C10H15NO/c1-8-5-3-2-4-6-9(7-11)10(8)12/h8-9H,2-6H2,1H3. The lowest BCUT2D eigenvalue weighted by atomic mass is 9.85. The number of ketones is 1. The van der Waals surface area contributed by atoms with E-state index >= 15 is 0 Å². The number of carbonyl (C=O) groups excluding carboxylic acids is 1. The van der Waals surface area contributed by atoms with Crippen molar-refractivity contribution in [3.05, 3.63) is 0 Å². The number of hydrogen-bond acceptors (Lipinski definition) is 2. The molecule has 1 aliphatic carbocycles. The Morgan fingerprint density at radius 2 is 2.00 bits per heavy atom. The van der Waals surface area contributed by atoms with Crippen LogP contribution in [0.5, 0.6) is 0 Å². The number of carbonyl (C=O) groups is 1. The number of rotatable bonds is 0. The van der Waals surface area contributed by atoms with Crippen LogP contribution in [0.25, 0.3) is 0 Å². The van der Waals surface area contributed by atoms with E-state index in [0.29, 0.717) is 0 Å².